The molecule has 3 N–H and O–H groups in total. The van der Waals surface area contributed by atoms with Gasteiger partial charge < -0.3 is 11.1 Å². The first kappa shape index (κ1) is 8.32. The van der Waals surface area contributed by atoms with Gasteiger partial charge in [-0.05, 0) is 18.6 Å². The van der Waals surface area contributed by atoms with Crippen LogP contribution < -0.4 is 11.1 Å². The van der Waals surface area contributed by atoms with Crippen molar-refractivity contribution in [2.75, 3.05) is 11.9 Å². The summed E-state index contributed by atoms with van der Waals surface area (Å²) < 4.78 is 0. The summed E-state index contributed by atoms with van der Waals surface area (Å²) in [4.78, 5) is 0. The van der Waals surface area contributed by atoms with E-state index >= 15 is 0 Å². The van der Waals surface area contributed by atoms with Crippen LogP contribution in [0.2, 0.25) is 0 Å². The molecule has 0 aliphatic carbocycles. The van der Waals surface area contributed by atoms with Crippen molar-refractivity contribution in [1.29, 1.82) is 0 Å². The van der Waals surface area contributed by atoms with Crippen LogP contribution in [0.15, 0.2) is 30.3 Å². The van der Waals surface area contributed by atoms with Gasteiger partial charge >= 0.3 is 0 Å². The maximum Gasteiger partial charge on any atom is 0.0417 e. The number of hydrogen-bond donors (Lipinski definition) is 2. The molecule has 68 valence electrons. The van der Waals surface area contributed by atoms with Gasteiger partial charge in [0.2, 0.25) is 0 Å². The number of benzene rings is 1. The summed E-state index contributed by atoms with van der Waals surface area (Å²) in [6, 6.07) is 8.41. The first-order valence-electron chi connectivity index (χ1n) is 4.54. The first-order chi connectivity index (χ1) is 6.27. The molecular formula is C11H14N2. The highest BCUT2D eigenvalue weighted by molar-refractivity contribution is 5.76. The van der Waals surface area contributed by atoms with Gasteiger partial charge in [0.25, 0.3) is 0 Å². The van der Waals surface area contributed by atoms with E-state index in [0.717, 1.165) is 6.54 Å². The average molecular weight is 174 g/mol. The van der Waals surface area contributed by atoms with E-state index in [2.05, 4.69) is 36.5 Å². The molecule has 0 amide bonds. The lowest BCUT2D eigenvalue weighted by atomic mass is 10.1. The van der Waals surface area contributed by atoms with Crippen LogP contribution in [0.1, 0.15) is 12.5 Å². The molecule has 0 aromatic heterocycles. The van der Waals surface area contributed by atoms with Crippen LogP contribution in [0.3, 0.4) is 0 Å². The van der Waals surface area contributed by atoms with Crippen molar-refractivity contribution in [2.45, 2.75) is 13.0 Å². The Labute approximate surface area is 78.5 Å². The fraction of sp³-hybridized carbons (Fsp3) is 0.273. The Morgan fingerprint density at radius 2 is 2.15 bits per heavy atom. The van der Waals surface area contributed by atoms with E-state index in [0.29, 0.717) is 0 Å². The van der Waals surface area contributed by atoms with Gasteiger partial charge in [-0.2, -0.15) is 0 Å². The number of anilines is 1. The highest BCUT2D eigenvalue weighted by atomic mass is 14.9. The lowest BCUT2D eigenvalue weighted by Gasteiger charge is -2.08. The Hall–Kier alpha value is -1.28. The second kappa shape index (κ2) is 3.23. The molecule has 2 nitrogen and oxygen atoms in total. The Morgan fingerprint density at radius 3 is 3.00 bits per heavy atom. The number of fused-ring (bicyclic) bond motifs is 1. The third kappa shape index (κ3) is 1.58. The molecule has 0 saturated heterocycles. The monoisotopic (exact) mass is 174 g/mol. The van der Waals surface area contributed by atoms with Crippen LogP contribution in [0.25, 0.3) is 5.57 Å². The maximum atomic E-state index is 5.87. The minimum atomic E-state index is 0.118. The molecule has 0 fully saturated rings. The lowest BCUT2D eigenvalue weighted by Crippen LogP contribution is -2.25. The molecule has 0 bridgehead atoms. The standard InChI is InChI=1S/C11H14N2/c1-8-6-9(12)7-13-11-5-3-2-4-10(8)11/h2-6,9,13H,7,12H2,1H3. The second-order valence-corrected chi connectivity index (χ2v) is 3.44. The SMILES string of the molecule is CC1=CC(N)CNc2ccccc21. The zero-order valence-electron chi connectivity index (χ0n) is 7.75. The van der Waals surface area contributed by atoms with Gasteiger partial charge in [0, 0.05) is 23.8 Å². The Morgan fingerprint density at radius 1 is 1.38 bits per heavy atom. The molecule has 0 spiro atoms. The fourth-order valence-corrected chi connectivity index (χ4v) is 1.68. The molecule has 0 saturated carbocycles. The lowest BCUT2D eigenvalue weighted by molar-refractivity contribution is 0.863. The third-order valence-electron chi connectivity index (χ3n) is 2.34. The molecule has 2 heteroatoms. The topological polar surface area (TPSA) is 38.0 Å². The smallest absolute Gasteiger partial charge is 0.0417 e. The van der Waals surface area contributed by atoms with Crippen LogP contribution in [-0.2, 0) is 0 Å². The molecule has 1 unspecified atom stereocenters. The zero-order chi connectivity index (χ0) is 9.26. The summed E-state index contributed by atoms with van der Waals surface area (Å²) in [6.07, 6.45) is 2.11. The van der Waals surface area contributed by atoms with Crippen LogP contribution in [-0.4, -0.2) is 12.6 Å². The molecule has 1 heterocycles. The van der Waals surface area contributed by atoms with Gasteiger partial charge in [-0.1, -0.05) is 24.3 Å². The minimum absolute atomic E-state index is 0.118. The van der Waals surface area contributed by atoms with Crippen LogP contribution in [0, 0.1) is 0 Å². The molecule has 2 rings (SSSR count). The molecule has 1 atom stereocenters. The second-order valence-electron chi connectivity index (χ2n) is 3.44. The average Bonchev–Trinajstić information content (AvgIpc) is 2.27. The van der Waals surface area contributed by atoms with Crippen molar-refractivity contribution in [3.63, 3.8) is 0 Å². The molecule has 1 aromatic carbocycles. The number of nitrogens with one attached hydrogen (secondary N) is 1. The number of allylic oxidation sites excluding steroid dienone is 1. The van der Waals surface area contributed by atoms with Gasteiger partial charge in [-0.25, -0.2) is 0 Å². The van der Waals surface area contributed by atoms with E-state index in [1.807, 2.05) is 6.07 Å². The molecule has 1 aromatic rings. The van der Waals surface area contributed by atoms with Crippen molar-refractivity contribution in [3.8, 4) is 0 Å². The number of para-hydroxylation sites is 1. The summed E-state index contributed by atoms with van der Waals surface area (Å²) in [6.45, 7) is 2.92. The number of hydrogen-bond acceptors (Lipinski definition) is 2. The van der Waals surface area contributed by atoms with E-state index in [9.17, 15) is 0 Å². The molecular weight excluding hydrogens is 160 g/mol. The van der Waals surface area contributed by atoms with Crippen LogP contribution >= 0.6 is 0 Å². The molecule has 1 aliphatic heterocycles. The van der Waals surface area contributed by atoms with Crippen LogP contribution in [0.5, 0.6) is 0 Å². The van der Waals surface area contributed by atoms with Gasteiger partial charge in [0.05, 0.1) is 0 Å². The van der Waals surface area contributed by atoms with Gasteiger partial charge in [-0.15, -0.1) is 0 Å². The van der Waals surface area contributed by atoms with E-state index < -0.39 is 0 Å². The van der Waals surface area contributed by atoms with E-state index in [1.54, 1.807) is 0 Å². The fourth-order valence-electron chi connectivity index (χ4n) is 1.68. The predicted octanol–water partition coefficient (Wildman–Crippen LogP) is 1.84. The molecule has 1 aliphatic rings. The third-order valence-corrected chi connectivity index (χ3v) is 2.34. The summed E-state index contributed by atoms with van der Waals surface area (Å²) >= 11 is 0. The normalized spacial score (nSPS) is 21.1. The summed E-state index contributed by atoms with van der Waals surface area (Å²) in [7, 11) is 0. The van der Waals surface area contributed by atoms with Gasteiger partial charge in [0.1, 0.15) is 0 Å². The molecule has 13 heavy (non-hydrogen) atoms. The quantitative estimate of drug-likeness (QED) is 0.630. The Balaban J connectivity index is 2.48. The summed E-state index contributed by atoms with van der Waals surface area (Å²) in [5, 5.41) is 3.33. The number of rotatable bonds is 0. The van der Waals surface area contributed by atoms with Gasteiger partial charge in [-0.3, -0.25) is 0 Å². The van der Waals surface area contributed by atoms with Crippen molar-refractivity contribution in [2.24, 2.45) is 5.73 Å². The minimum Gasteiger partial charge on any atom is -0.383 e. The van der Waals surface area contributed by atoms with Crippen LogP contribution in [0.4, 0.5) is 5.69 Å². The predicted molar refractivity (Wildman–Crippen MR) is 56.6 cm³/mol. The van der Waals surface area contributed by atoms with E-state index in [1.165, 1.54) is 16.8 Å². The number of nitrogens with two attached hydrogens (primary N) is 1. The van der Waals surface area contributed by atoms with Gasteiger partial charge in [0.15, 0.2) is 0 Å². The zero-order valence-corrected chi connectivity index (χ0v) is 7.75. The Kier molecular flexibility index (Phi) is 2.07. The first-order valence-corrected chi connectivity index (χ1v) is 4.54. The maximum absolute atomic E-state index is 5.87. The summed E-state index contributed by atoms with van der Waals surface area (Å²) in [5.74, 6) is 0. The summed E-state index contributed by atoms with van der Waals surface area (Å²) in [5.41, 5.74) is 9.57. The molecule has 0 radical (unpaired) electrons. The van der Waals surface area contributed by atoms with Crippen molar-refractivity contribution >= 4 is 11.3 Å². The van der Waals surface area contributed by atoms with E-state index in [-0.39, 0.29) is 6.04 Å². The highest BCUT2D eigenvalue weighted by Crippen LogP contribution is 2.25. The van der Waals surface area contributed by atoms with Crippen molar-refractivity contribution < 1.29 is 0 Å². The Bertz CT molecular complexity index is 342. The van der Waals surface area contributed by atoms with Crippen molar-refractivity contribution in [3.05, 3.63) is 35.9 Å². The highest BCUT2D eigenvalue weighted by Gasteiger charge is 2.09. The largest absolute Gasteiger partial charge is 0.383 e. The van der Waals surface area contributed by atoms with Crippen molar-refractivity contribution in [1.82, 2.24) is 0 Å². The van der Waals surface area contributed by atoms with E-state index in [4.69, 9.17) is 5.73 Å².